The smallest absolute Gasteiger partial charge is 0.0592 e. The lowest BCUT2D eigenvalue weighted by Crippen LogP contribution is -1.87. The molecule has 1 heterocycles. The summed E-state index contributed by atoms with van der Waals surface area (Å²) in [6, 6.07) is 1.92. The fraction of sp³-hybridized carbons (Fsp3) is 0.286. The Bertz CT molecular complexity index is 237. The maximum absolute atomic E-state index is 5.71. The average Bonchev–Trinajstić information content (AvgIpc) is 1.94. The number of hydrogen-bond donors (Lipinski definition) is 0. The van der Waals surface area contributed by atoms with Crippen LogP contribution in [0.5, 0.6) is 0 Å². The van der Waals surface area contributed by atoms with E-state index in [0.717, 1.165) is 16.6 Å². The lowest BCUT2D eigenvalue weighted by Gasteiger charge is -1.99. The van der Waals surface area contributed by atoms with Crippen LogP contribution in [0.1, 0.15) is 11.3 Å². The first-order valence-corrected chi connectivity index (χ1v) is 4.41. The van der Waals surface area contributed by atoms with Crippen LogP contribution in [0.25, 0.3) is 0 Å². The van der Waals surface area contributed by atoms with Crippen molar-refractivity contribution < 1.29 is 0 Å². The summed E-state index contributed by atoms with van der Waals surface area (Å²) in [7, 11) is 0. The van der Waals surface area contributed by atoms with Crippen LogP contribution in [-0.2, 0) is 5.33 Å². The molecule has 0 fully saturated rings. The van der Waals surface area contributed by atoms with E-state index >= 15 is 0 Å². The number of alkyl halides is 1. The lowest BCUT2D eigenvalue weighted by atomic mass is 10.2. The first-order chi connectivity index (χ1) is 4.74. The Morgan fingerprint density at radius 3 is 2.90 bits per heavy atom. The fourth-order valence-corrected chi connectivity index (χ4v) is 1.43. The zero-order chi connectivity index (χ0) is 7.56. The van der Waals surface area contributed by atoms with Crippen molar-refractivity contribution in [2.75, 3.05) is 0 Å². The van der Waals surface area contributed by atoms with Gasteiger partial charge in [-0.05, 0) is 18.6 Å². The normalized spacial score (nSPS) is 9.90. The molecule has 0 aliphatic rings. The molecule has 10 heavy (non-hydrogen) atoms. The predicted octanol–water partition coefficient (Wildman–Crippen LogP) is 2.94. The molecule has 0 unspecified atom stereocenters. The number of aryl methyl sites for hydroxylation is 1. The zero-order valence-corrected chi connectivity index (χ0v) is 7.91. The Hall–Kier alpha value is -0.0800. The lowest BCUT2D eigenvalue weighted by molar-refractivity contribution is 1.14. The predicted molar refractivity (Wildman–Crippen MR) is 46.6 cm³/mol. The first-order valence-electron chi connectivity index (χ1n) is 2.91. The third-order valence-electron chi connectivity index (χ3n) is 1.30. The summed E-state index contributed by atoms with van der Waals surface area (Å²) >= 11 is 9.06. The van der Waals surface area contributed by atoms with Gasteiger partial charge >= 0.3 is 0 Å². The summed E-state index contributed by atoms with van der Waals surface area (Å²) in [5.74, 6) is 0. The monoisotopic (exact) mass is 219 g/mol. The van der Waals surface area contributed by atoms with Crippen molar-refractivity contribution in [3.63, 3.8) is 0 Å². The molecule has 0 radical (unpaired) electrons. The molecule has 1 aromatic heterocycles. The molecule has 0 aliphatic carbocycles. The van der Waals surface area contributed by atoms with Crippen LogP contribution in [-0.4, -0.2) is 4.98 Å². The van der Waals surface area contributed by atoms with Gasteiger partial charge in [-0.1, -0.05) is 27.5 Å². The molecule has 0 bridgehead atoms. The second-order valence-corrected chi connectivity index (χ2v) is 3.03. The highest BCUT2D eigenvalue weighted by molar-refractivity contribution is 9.08. The Balaban J connectivity index is 3.09. The van der Waals surface area contributed by atoms with E-state index in [0.29, 0.717) is 5.02 Å². The van der Waals surface area contributed by atoms with Gasteiger partial charge in [-0.3, -0.25) is 4.98 Å². The molecule has 0 aliphatic heterocycles. The molecule has 1 aromatic rings. The minimum atomic E-state index is 0.694. The van der Waals surface area contributed by atoms with E-state index in [-0.39, 0.29) is 0 Å². The van der Waals surface area contributed by atoms with E-state index < -0.39 is 0 Å². The van der Waals surface area contributed by atoms with Gasteiger partial charge in [-0.2, -0.15) is 0 Å². The first kappa shape index (κ1) is 8.02. The average molecular weight is 220 g/mol. The molecule has 1 nitrogen and oxygen atoms in total. The summed E-state index contributed by atoms with van der Waals surface area (Å²) in [5.41, 5.74) is 2.17. The Labute approximate surface area is 73.6 Å². The molecular formula is C7H7BrClN. The van der Waals surface area contributed by atoms with E-state index in [9.17, 15) is 0 Å². The quantitative estimate of drug-likeness (QED) is 0.663. The van der Waals surface area contributed by atoms with Crippen LogP contribution < -0.4 is 0 Å². The number of halogens is 2. The summed E-state index contributed by atoms with van der Waals surface area (Å²) in [4.78, 5) is 4.09. The van der Waals surface area contributed by atoms with Crippen molar-refractivity contribution in [2.24, 2.45) is 0 Å². The van der Waals surface area contributed by atoms with Gasteiger partial charge in [0.25, 0.3) is 0 Å². The number of aromatic nitrogens is 1. The van der Waals surface area contributed by atoms with Gasteiger partial charge in [-0.25, -0.2) is 0 Å². The molecule has 1 rings (SSSR count). The second kappa shape index (κ2) is 3.35. The van der Waals surface area contributed by atoms with E-state index in [2.05, 4.69) is 20.9 Å². The van der Waals surface area contributed by atoms with Crippen LogP contribution in [0, 0.1) is 6.92 Å². The molecule has 0 spiro atoms. The molecule has 0 saturated heterocycles. The Morgan fingerprint density at radius 2 is 2.40 bits per heavy atom. The van der Waals surface area contributed by atoms with Gasteiger partial charge in [0, 0.05) is 17.2 Å². The van der Waals surface area contributed by atoms with Crippen molar-refractivity contribution in [1.82, 2.24) is 4.98 Å². The minimum Gasteiger partial charge on any atom is -0.260 e. The number of nitrogens with zero attached hydrogens (tertiary/aromatic N) is 1. The molecule has 0 N–H and O–H groups in total. The second-order valence-electron chi connectivity index (χ2n) is 2.03. The molecule has 0 aromatic carbocycles. The highest BCUT2D eigenvalue weighted by Gasteiger charge is 1.97. The van der Waals surface area contributed by atoms with Gasteiger partial charge in [0.05, 0.1) is 5.02 Å². The van der Waals surface area contributed by atoms with E-state index in [1.807, 2.05) is 13.0 Å². The van der Waals surface area contributed by atoms with Crippen LogP contribution in [0.15, 0.2) is 12.3 Å². The van der Waals surface area contributed by atoms with Gasteiger partial charge in [0.15, 0.2) is 0 Å². The maximum atomic E-state index is 5.71. The molecule has 3 heteroatoms. The highest BCUT2D eigenvalue weighted by atomic mass is 79.9. The van der Waals surface area contributed by atoms with Crippen molar-refractivity contribution in [3.05, 3.63) is 28.5 Å². The van der Waals surface area contributed by atoms with Crippen LogP contribution in [0.3, 0.4) is 0 Å². The van der Waals surface area contributed by atoms with Crippen molar-refractivity contribution in [1.29, 1.82) is 0 Å². The topological polar surface area (TPSA) is 12.9 Å². The Kier molecular flexibility index (Phi) is 2.69. The summed E-state index contributed by atoms with van der Waals surface area (Å²) in [6.45, 7) is 1.97. The van der Waals surface area contributed by atoms with Crippen molar-refractivity contribution >= 4 is 27.5 Å². The number of hydrogen-bond acceptors (Lipinski definition) is 1. The fourth-order valence-electron chi connectivity index (χ4n) is 0.685. The van der Waals surface area contributed by atoms with Crippen LogP contribution >= 0.6 is 27.5 Å². The maximum Gasteiger partial charge on any atom is 0.0592 e. The summed E-state index contributed by atoms with van der Waals surface area (Å²) < 4.78 is 0. The van der Waals surface area contributed by atoms with E-state index in [1.165, 1.54) is 0 Å². The van der Waals surface area contributed by atoms with Crippen LogP contribution in [0.2, 0.25) is 5.02 Å². The molecule has 0 saturated carbocycles. The molecular weight excluding hydrogens is 213 g/mol. The standard InChI is InChI=1S/C7H7BrClN/c1-5-6(3-8)2-7(9)4-10-5/h2,4H,3H2,1H3. The van der Waals surface area contributed by atoms with Gasteiger partial charge in [-0.15, -0.1) is 0 Å². The molecule has 0 amide bonds. The molecule has 0 atom stereocenters. The SMILES string of the molecule is Cc1ncc(Cl)cc1CBr. The van der Waals surface area contributed by atoms with Crippen LogP contribution in [0.4, 0.5) is 0 Å². The van der Waals surface area contributed by atoms with E-state index in [4.69, 9.17) is 11.6 Å². The summed E-state index contributed by atoms with van der Waals surface area (Å²) in [5, 5.41) is 1.51. The van der Waals surface area contributed by atoms with Gasteiger partial charge < -0.3 is 0 Å². The number of rotatable bonds is 1. The third-order valence-corrected chi connectivity index (χ3v) is 2.11. The molecule has 54 valence electrons. The van der Waals surface area contributed by atoms with E-state index in [1.54, 1.807) is 6.20 Å². The third kappa shape index (κ3) is 1.70. The Morgan fingerprint density at radius 1 is 1.70 bits per heavy atom. The van der Waals surface area contributed by atoms with Crippen molar-refractivity contribution in [3.8, 4) is 0 Å². The highest BCUT2D eigenvalue weighted by Crippen LogP contribution is 2.14. The van der Waals surface area contributed by atoms with Gasteiger partial charge in [0.1, 0.15) is 0 Å². The number of pyridine rings is 1. The largest absolute Gasteiger partial charge is 0.260 e. The minimum absolute atomic E-state index is 0.694. The van der Waals surface area contributed by atoms with Crippen molar-refractivity contribution in [2.45, 2.75) is 12.3 Å². The summed E-state index contributed by atoms with van der Waals surface area (Å²) in [6.07, 6.45) is 1.66. The zero-order valence-electron chi connectivity index (χ0n) is 5.56. The van der Waals surface area contributed by atoms with Gasteiger partial charge in [0.2, 0.25) is 0 Å².